The molecule has 0 atom stereocenters. The molecule has 9 heteroatoms. The van der Waals surface area contributed by atoms with Crippen LogP contribution in [0.1, 0.15) is 43.2 Å². The van der Waals surface area contributed by atoms with Crippen LogP contribution in [-0.2, 0) is 15.7 Å². The molecule has 1 aliphatic carbocycles. The van der Waals surface area contributed by atoms with Crippen molar-refractivity contribution in [3.05, 3.63) is 29.3 Å². The zero-order valence-corrected chi connectivity index (χ0v) is 18.5. The molecule has 1 aromatic rings. The van der Waals surface area contributed by atoms with Crippen LogP contribution < -0.4 is 10.2 Å². The highest BCUT2D eigenvalue weighted by Crippen LogP contribution is 2.36. The topological polar surface area (TPSA) is 68.6 Å². The van der Waals surface area contributed by atoms with E-state index in [0.29, 0.717) is 24.7 Å². The number of carbonyl (C=O) groups excluding carboxylic acids is 1. The lowest BCUT2D eigenvalue weighted by molar-refractivity contribution is -0.137. The van der Waals surface area contributed by atoms with Crippen LogP contribution in [0, 0.1) is 17.2 Å². The van der Waals surface area contributed by atoms with Crippen molar-refractivity contribution in [3.63, 3.8) is 0 Å². The van der Waals surface area contributed by atoms with Crippen LogP contribution in [0.15, 0.2) is 18.2 Å². The van der Waals surface area contributed by atoms with E-state index in [0.717, 1.165) is 57.8 Å². The van der Waals surface area contributed by atoms with E-state index in [9.17, 15) is 23.2 Å². The molecule has 0 spiro atoms. The maximum Gasteiger partial charge on any atom is 0.417 e. The minimum atomic E-state index is -4.53. The van der Waals surface area contributed by atoms with E-state index >= 15 is 0 Å². The van der Waals surface area contributed by atoms with Gasteiger partial charge in [-0.2, -0.15) is 18.4 Å². The molecule has 1 heterocycles. The van der Waals surface area contributed by atoms with E-state index in [2.05, 4.69) is 10.2 Å². The third-order valence-electron chi connectivity index (χ3n) is 6.51. The zero-order valence-electron chi connectivity index (χ0n) is 18.5. The fraction of sp³-hybridized carbons (Fsp3) is 0.652. The Labute approximate surface area is 187 Å². The molecule has 0 radical (unpaired) electrons. The van der Waals surface area contributed by atoms with Gasteiger partial charge in [0.05, 0.1) is 16.8 Å². The zero-order chi connectivity index (χ0) is 23.1. The van der Waals surface area contributed by atoms with Gasteiger partial charge in [-0.05, 0) is 56.7 Å². The number of methoxy groups -OCH3 is 1. The number of nitrogens with zero attached hydrogens (tertiary/aromatic N) is 3. The van der Waals surface area contributed by atoms with Crippen molar-refractivity contribution in [1.29, 1.82) is 5.26 Å². The second-order valence-corrected chi connectivity index (χ2v) is 8.64. The Balaban J connectivity index is 1.44. The molecule has 1 amide bonds. The molecule has 3 rings (SSSR count). The van der Waals surface area contributed by atoms with E-state index in [1.165, 1.54) is 13.2 Å². The number of amides is 1. The van der Waals surface area contributed by atoms with Crippen molar-refractivity contribution in [2.75, 3.05) is 51.3 Å². The molecule has 1 aliphatic heterocycles. The Morgan fingerprint density at radius 1 is 1.19 bits per heavy atom. The van der Waals surface area contributed by atoms with Gasteiger partial charge in [0.25, 0.3) is 0 Å². The monoisotopic (exact) mass is 452 g/mol. The smallest absolute Gasteiger partial charge is 0.375 e. The highest BCUT2D eigenvalue weighted by molar-refractivity contribution is 5.77. The average molecular weight is 453 g/mol. The lowest BCUT2D eigenvalue weighted by Crippen LogP contribution is -2.47. The second-order valence-electron chi connectivity index (χ2n) is 8.64. The molecule has 32 heavy (non-hydrogen) atoms. The van der Waals surface area contributed by atoms with Crippen LogP contribution >= 0.6 is 0 Å². The van der Waals surface area contributed by atoms with Gasteiger partial charge in [-0.15, -0.1) is 0 Å². The molecule has 0 aromatic heterocycles. The Bertz CT molecular complexity index is 808. The lowest BCUT2D eigenvalue weighted by Gasteiger charge is -2.37. The number of anilines is 1. The van der Waals surface area contributed by atoms with E-state index in [-0.39, 0.29) is 24.1 Å². The third-order valence-corrected chi connectivity index (χ3v) is 6.51. The molecule has 6 nitrogen and oxygen atoms in total. The SMILES string of the molecule is COCC(=O)N[C@H]1CC[C@H](CCN2CCN(c3cccc(C(F)(F)F)c3C#N)CC2)CC1. The first-order chi connectivity index (χ1) is 15.3. The molecule has 0 bridgehead atoms. The van der Waals surface area contributed by atoms with E-state index in [1.807, 2.05) is 4.90 Å². The summed E-state index contributed by atoms with van der Waals surface area (Å²) >= 11 is 0. The van der Waals surface area contributed by atoms with Crippen molar-refractivity contribution in [1.82, 2.24) is 10.2 Å². The van der Waals surface area contributed by atoms with Crippen LogP contribution in [-0.4, -0.2) is 63.3 Å². The molecular formula is C23H31F3N4O2. The normalized spacial score (nSPS) is 22.4. The predicted molar refractivity (Wildman–Crippen MR) is 115 cm³/mol. The van der Waals surface area contributed by atoms with Crippen LogP contribution in [0.4, 0.5) is 18.9 Å². The molecule has 2 aliphatic rings. The van der Waals surface area contributed by atoms with Gasteiger partial charge >= 0.3 is 6.18 Å². The fourth-order valence-corrected chi connectivity index (χ4v) is 4.73. The first-order valence-electron chi connectivity index (χ1n) is 11.2. The first kappa shape index (κ1) is 24.3. The fourth-order valence-electron chi connectivity index (χ4n) is 4.73. The Morgan fingerprint density at radius 3 is 2.47 bits per heavy atom. The summed E-state index contributed by atoms with van der Waals surface area (Å²) in [5, 5.41) is 12.4. The Kier molecular flexibility index (Phi) is 8.38. The summed E-state index contributed by atoms with van der Waals surface area (Å²) in [5.41, 5.74) is -0.785. The van der Waals surface area contributed by atoms with Crippen LogP contribution in [0.25, 0.3) is 0 Å². The first-order valence-corrected chi connectivity index (χ1v) is 11.2. The summed E-state index contributed by atoms with van der Waals surface area (Å²) in [7, 11) is 1.51. The van der Waals surface area contributed by atoms with Crippen LogP contribution in [0.3, 0.4) is 0 Å². The van der Waals surface area contributed by atoms with Crippen LogP contribution in [0.2, 0.25) is 0 Å². The number of nitrogens with one attached hydrogen (secondary N) is 1. The summed E-state index contributed by atoms with van der Waals surface area (Å²) in [6.45, 7) is 3.81. The van der Waals surface area contributed by atoms with Gasteiger partial charge in [-0.1, -0.05) is 6.07 Å². The lowest BCUT2D eigenvalue weighted by atomic mass is 9.84. The van der Waals surface area contributed by atoms with Gasteiger partial charge in [-0.3, -0.25) is 9.69 Å². The number of rotatable bonds is 7. The number of nitriles is 1. The minimum absolute atomic E-state index is 0.0610. The quantitative estimate of drug-likeness (QED) is 0.687. The Morgan fingerprint density at radius 2 is 1.88 bits per heavy atom. The molecule has 0 unspecified atom stereocenters. The third kappa shape index (κ3) is 6.36. The molecular weight excluding hydrogens is 421 g/mol. The average Bonchev–Trinajstić information content (AvgIpc) is 2.78. The van der Waals surface area contributed by atoms with Gasteiger partial charge in [0, 0.05) is 39.3 Å². The second kappa shape index (κ2) is 11.0. The maximum atomic E-state index is 13.2. The largest absolute Gasteiger partial charge is 0.417 e. The summed E-state index contributed by atoms with van der Waals surface area (Å²) in [6.07, 6.45) is 0.711. The molecule has 2 fully saturated rings. The highest BCUT2D eigenvalue weighted by atomic mass is 19.4. The summed E-state index contributed by atoms with van der Waals surface area (Å²) in [5.74, 6) is 0.575. The highest BCUT2D eigenvalue weighted by Gasteiger charge is 2.35. The number of piperazine rings is 1. The number of alkyl halides is 3. The Hall–Kier alpha value is -2.31. The molecule has 1 N–H and O–H groups in total. The molecule has 1 aromatic carbocycles. The van der Waals surface area contributed by atoms with Crippen molar-refractivity contribution < 1.29 is 22.7 Å². The number of hydrogen-bond acceptors (Lipinski definition) is 5. The summed E-state index contributed by atoms with van der Waals surface area (Å²) < 4.78 is 44.6. The van der Waals surface area contributed by atoms with Crippen molar-refractivity contribution in [3.8, 4) is 6.07 Å². The number of carbonyl (C=O) groups is 1. The van der Waals surface area contributed by atoms with Gasteiger partial charge in [0.2, 0.25) is 5.91 Å². The summed E-state index contributed by atoms with van der Waals surface area (Å²) in [6, 6.07) is 5.94. The van der Waals surface area contributed by atoms with Gasteiger partial charge < -0.3 is 15.0 Å². The van der Waals surface area contributed by atoms with E-state index < -0.39 is 11.7 Å². The van der Waals surface area contributed by atoms with Gasteiger partial charge in [0.15, 0.2) is 0 Å². The van der Waals surface area contributed by atoms with Crippen LogP contribution in [0.5, 0.6) is 0 Å². The standard InChI is InChI=1S/C23H31F3N4O2/c1-32-16-22(31)28-18-7-5-17(6-8-18)9-10-29-11-13-30(14-12-29)21-4-2-3-20(19(21)15-27)23(24,25)26/h2-4,17-18H,5-14,16H2,1H3,(H,28,31)/t17-,18-. The molecule has 1 saturated carbocycles. The number of ether oxygens (including phenoxy) is 1. The van der Waals surface area contributed by atoms with Crippen molar-refractivity contribution in [2.24, 2.45) is 5.92 Å². The predicted octanol–water partition coefficient (Wildman–Crippen LogP) is 3.41. The van der Waals surface area contributed by atoms with Crippen molar-refractivity contribution in [2.45, 2.75) is 44.3 Å². The molecule has 176 valence electrons. The van der Waals surface area contributed by atoms with Crippen molar-refractivity contribution >= 4 is 11.6 Å². The minimum Gasteiger partial charge on any atom is -0.375 e. The number of halogens is 3. The molecule has 1 saturated heterocycles. The number of hydrogen-bond donors (Lipinski definition) is 1. The maximum absolute atomic E-state index is 13.2. The van der Waals surface area contributed by atoms with E-state index in [4.69, 9.17) is 4.74 Å². The summed E-state index contributed by atoms with van der Waals surface area (Å²) in [4.78, 5) is 15.9. The van der Waals surface area contributed by atoms with E-state index in [1.54, 1.807) is 12.1 Å². The van der Waals surface area contributed by atoms with Gasteiger partial charge in [0.1, 0.15) is 12.7 Å². The van der Waals surface area contributed by atoms with Gasteiger partial charge in [-0.25, -0.2) is 0 Å². The number of benzene rings is 1.